The van der Waals surface area contributed by atoms with Crippen LogP contribution in [-0.2, 0) is 21.0 Å². The number of hydrogen-bond donors (Lipinski definition) is 2. The van der Waals surface area contributed by atoms with Crippen molar-refractivity contribution < 1.29 is 24.3 Å². The Morgan fingerprint density at radius 3 is 2.52 bits per heavy atom. The lowest BCUT2D eigenvalue weighted by molar-refractivity contribution is -0.156. The lowest BCUT2D eigenvalue weighted by Crippen LogP contribution is -2.36. The van der Waals surface area contributed by atoms with E-state index in [0.29, 0.717) is 12.3 Å². The molecule has 2 rings (SSSR count). The highest BCUT2D eigenvalue weighted by Gasteiger charge is 2.26. The minimum atomic E-state index is -1.07. The quantitative estimate of drug-likeness (QED) is 0.753. The second kappa shape index (κ2) is 9.15. The Morgan fingerprint density at radius 2 is 1.87 bits per heavy atom. The predicted octanol–water partition coefficient (Wildman–Crippen LogP) is 3.27. The summed E-state index contributed by atoms with van der Waals surface area (Å²) in [4.78, 5) is 27.9. The molecule has 1 fully saturated rings. The summed E-state index contributed by atoms with van der Waals surface area (Å²) < 4.78 is 4.98. The Balaban J connectivity index is 1.72. The second-order valence-electron chi connectivity index (χ2n) is 5.85. The average Bonchev–Trinajstić information content (AvgIpc) is 2.58. The van der Waals surface area contributed by atoms with Crippen molar-refractivity contribution in [2.45, 2.75) is 51.2 Å². The topological polar surface area (TPSA) is 84.9 Å². The highest BCUT2D eigenvalue weighted by atomic mass is 16.7. The fourth-order valence-corrected chi connectivity index (χ4v) is 2.80. The first-order valence-corrected chi connectivity index (χ1v) is 8.00. The molecule has 0 radical (unpaired) electrons. The molecule has 6 nitrogen and oxygen atoms in total. The zero-order chi connectivity index (χ0) is 16.5. The molecule has 1 aliphatic rings. The molecule has 0 saturated heterocycles. The third-order valence-corrected chi connectivity index (χ3v) is 4.04. The van der Waals surface area contributed by atoms with Crippen molar-refractivity contribution in [3.63, 3.8) is 0 Å². The molecule has 0 unspecified atom stereocenters. The van der Waals surface area contributed by atoms with Gasteiger partial charge in [-0.05, 0) is 17.9 Å². The van der Waals surface area contributed by atoms with Gasteiger partial charge >= 0.3 is 12.1 Å². The van der Waals surface area contributed by atoms with Crippen LogP contribution in [0.15, 0.2) is 30.3 Å². The Morgan fingerprint density at radius 1 is 1.17 bits per heavy atom. The number of ether oxygens (including phenoxy) is 1. The molecule has 6 heteroatoms. The van der Waals surface area contributed by atoms with Gasteiger partial charge < -0.3 is 9.84 Å². The summed E-state index contributed by atoms with van der Waals surface area (Å²) in [6.45, 7) is 0.108. The van der Waals surface area contributed by atoms with E-state index in [9.17, 15) is 14.7 Å². The van der Waals surface area contributed by atoms with Crippen LogP contribution in [0.5, 0.6) is 0 Å². The molecule has 0 bridgehead atoms. The Kier molecular flexibility index (Phi) is 6.87. The van der Waals surface area contributed by atoms with Gasteiger partial charge in [0.25, 0.3) is 0 Å². The first-order chi connectivity index (χ1) is 11.1. The maximum Gasteiger partial charge on any atom is 0.431 e. The number of hydroxylamine groups is 1. The summed E-state index contributed by atoms with van der Waals surface area (Å²) in [5, 5.41) is 9.21. The molecular formula is C17H23NO5. The Labute approximate surface area is 135 Å². The number of carboxylic acid groups (broad SMARTS) is 1. The van der Waals surface area contributed by atoms with Crippen molar-refractivity contribution in [2.75, 3.05) is 0 Å². The molecule has 1 aromatic rings. The van der Waals surface area contributed by atoms with Crippen LogP contribution < -0.4 is 5.48 Å². The summed E-state index contributed by atoms with van der Waals surface area (Å²) in [7, 11) is 0. The van der Waals surface area contributed by atoms with Crippen LogP contribution in [0.1, 0.15) is 44.1 Å². The van der Waals surface area contributed by atoms with Crippen LogP contribution in [0.3, 0.4) is 0 Å². The smallest absolute Gasteiger partial charge is 0.431 e. The number of hydrogen-bond acceptors (Lipinski definition) is 4. The highest BCUT2D eigenvalue weighted by molar-refractivity contribution is 5.73. The monoisotopic (exact) mass is 321 g/mol. The predicted molar refractivity (Wildman–Crippen MR) is 83.5 cm³/mol. The van der Waals surface area contributed by atoms with Crippen molar-refractivity contribution in [3.8, 4) is 0 Å². The third kappa shape index (κ3) is 6.28. The molecule has 1 saturated carbocycles. The van der Waals surface area contributed by atoms with E-state index in [2.05, 4.69) is 5.48 Å². The number of carboxylic acids is 1. The van der Waals surface area contributed by atoms with Gasteiger partial charge in [-0.15, -0.1) is 0 Å². The van der Waals surface area contributed by atoms with Gasteiger partial charge in [0.15, 0.2) is 6.10 Å². The van der Waals surface area contributed by atoms with Crippen molar-refractivity contribution in [1.82, 2.24) is 5.48 Å². The maximum absolute atomic E-state index is 11.6. The molecular weight excluding hydrogens is 298 g/mol. The second-order valence-corrected chi connectivity index (χ2v) is 5.85. The van der Waals surface area contributed by atoms with Gasteiger partial charge in [-0.1, -0.05) is 62.4 Å². The molecule has 0 aromatic heterocycles. The molecule has 23 heavy (non-hydrogen) atoms. The fourth-order valence-electron chi connectivity index (χ4n) is 2.80. The minimum Gasteiger partial charge on any atom is -0.479 e. The largest absolute Gasteiger partial charge is 0.479 e. The first-order valence-electron chi connectivity index (χ1n) is 8.00. The molecule has 1 aliphatic carbocycles. The van der Waals surface area contributed by atoms with Crippen molar-refractivity contribution in [3.05, 3.63) is 35.9 Å². The molecule has 0 spiro atoms. The lowest BCUT2D eigenvalue weighted by atomic mass is 9.85. The summed E-state index contributed by atoms with van der Waals surface area (Å²) >= 11 is 0. The summed E-state index contributed by atoms with van der Waals surface area (Å²) in [5.74, 6) is -0.731. The fraction of sp³-hybridized carbons (Fsp3) is 0.529. The van der Waals surface area contributed by atoms with Crippen LogP contribution in [0.2, 0.25) is 0 Å². The van der Waals surface area contributed by atoms with E-state index in [4.69, 9.17) is 9.57 Å². The normalized spacial score (nSPS) is 16.5. The van der Waals surface area contributed by atoms with E-state index in [1.54, 1.807) is 0 Å². The zero-order valence-corrected chi connectivity index (χ0v) is 13.1. The van der Waals surface area contributed by atoms with Gasteiger partial charge in [-0.25, -0.2) is 9.59 Å². The van der Waals surface area contributed by atoms with E-state index < -0.39 is 18.2 Å². The lowest BCUT2D eigenvalue weighted by Gasteiger charge is -2.24. The molecule has 126 valence electrons. The number of carbonyl (C=O) groups is 2. The molecule has 0 aliphatic heterocycles. The number of rotatable bonds is 7. The summed E-state index contributed by atoms with van der Waals surface area (Å²) in [5.41, 5.74) is 2.93. The van der Waals surface area contributed by atoms with Crippen molar-refractivity contribution >= 4 is 12.1 Å². The van der Waals surface area contributed by atoms with E-state index in [1.165, 1.54) is 6.42 Å². The van der Waals surface area contributed by atoms with Crippen molar-refractivity contribution in [1.29, 1.82) is 0 Å². The molecule has 1 amide bonds. The van der Waals surface area contributed by atoms with E-state index in [1.807, 2.05) is 30.3 Å². The van der Waals surface area contributed by atoms with Crippen LogP contribution >= 0.6 is 0 Å². The van der Waals surface area contributed by atoms with Gasteiger partial charge in [0, 0.05) is 0 Å². The van der Waals surface area contributed by atoms with Crippen LogP contribution in [0.4, 0.5) is 4.79 Å². The van der Waals surface area contributed by atoms with E-state index in [0.717, 1.165) is 31.2 Å². The number of benzene rings is 1. The average molecular weight is 321 g/mol. The van der Waals surface area contributed by atoms with Crippen LogP contribution in [0, 0.1) is 5.92 Å². The Bertz CT molecular complexity index is 499. The number of aliphatic carboxylic acids is 1. The van der Waals surface area contributed by atoms with Crippen molar-refractivity contribution in [2.24, 2.45) is 5.92 Å². The summed E-state index contributed by atoms with van der Waals surface area (Å²) in [6, 6.07) is 9.22. The maximum atomic E-state index is 11.6. The van der Waals surface area contributed by atoms with E-state index >= 15 is 0 Å². The van der Waals surface area contributed by atoms with Crippen LogP contribution in [0.25, 0.3) is 0 Å². The highest BCUT2D eigenvalue weighted by Crippen LogP contribution is 2.27. The number of carbonyl (C=O) groups excluding carboxylic acids is 1. The number of amides is 1. The molecule has 2 N–H and O–H groups in total. The molecule has 1 aromatic carbocycles. The minimum absolute atomic E-state index is 0.108. The molecule has 0 heterocycles. The standard InChI is InChI=1S/C17H23NO5/c19-16(20)15(11-13-7-3-1-4-8-13)23-18-17(21)22-12-14-9-5-2-6-10-14/h2,5-6,9-10,13,15H,1,3-4,7-8,11-12H2,(H,18,21)(H,19,20)/t15-/m1/s1. The Hall–Kier alpha value is -2.08. The van der Waals surface area contributed by atoms with Gasteiger partial charge in [0.2, 0.25) is 0 Å². The summed E-state index contributed by atoms with van der Waals surface area (Å²) in [6.07, 6.45) is 4.09. The molecule has 1 atom stereocenters. The van der Waals surface area contributed by atoms with E-state index in [-0.39, 0.29) is 6.61 Å². The third-order valence-electron chi connectivity index (χ3n) is 4.04. The van der Waals surface area contributed by atoms with Gasteiger partial charge in [0.05, 0.1) is 0 Å². The van der Waals surface area contributed by atoms with Crippen LogP contribution in [-0.4, -0.2) is 23.3 Å². The number of nitrogens with one attached hydrogen (secondary N) is 1. The zero-order valence-electron chi connectivity index (χ0n) is 13.1. The van der Waals surface area contributed by atoms with Gasteiger partial charge in [-0.2, -0.15) is 5.48 Å². The van der Waals surface area contributed by atoms with Gasteiger partial charge in [-0.3, -0.25) is 4.84 Å². The van der Waals surface area contributed by atoms with Gasteiger partial charge in [0.1, 0.15) is 6.61 Å². The SMILES string of the molecule is O=C(NO[C@H](CC1CCCCC1)C(=O)O)OCc1ccccc1. The first kappa shape index (κ1) is 17.3.